The fraction of sp³-hybridized carbons (Fsp3) is 0.359. The summed E-state index contributed by atoms with van der Waals surface area (Å²) in [4.78, 5) is 13.4. The Hall–Kier alpha value is -3.85. The molecule has 242 valence electrons. The van der Waals surface area contributed by atoms with E-state index in [-0.39, 0.29) is 12.5 Å². The van der Waals surface area contributed by atoms with E-state index in [4.69, 9.17) is 23.7 Å². The summed E-state index contributed by atoms with van der Waals surface area (Å²) in [5, 5.41) is 3.13. The van der Waals surface area contributed by atoms with Gasteiger partial charge in [0.15, 0.2) is 6.23 Å². The van der Waals surface area contributed by atoms with Crippen molar-refractivity contribution in [1.29, 1.82) is 0 Å². The second-order valence-corrected chi connectivity index (χ2v) is 12.6. The molecule has 1 heterocycles. The van der Waals surface area contributed by atoms with Crippen LogP contribution in [0.1, 0.15) is 43.0 Å². The second-order valence-electron chi connectivity index (χ2n) is 12.6. The van der Waals surface area contributed by atoms with Crippen LogP contribution in [0.4, 0.5) is 0 Å². The van der Waals surface area contributed by atoms with Gasteiger partial charge < -0.3 is 29.0 Å². The second kappa shape index (κ2) is 16.6. The summed E-state index contributed by atoms with van der Waals surface area (Å²) < 4.78 is 32.9. The van der Waals surface area contributed by atoms with Crippen molar-refractivity contribution < 1.29 is 28.5 Å². The molecule has 1 fully saturated rings. The molecule has 0 spiro atoms. The molecule has 5 atom stereocenters. The van der Waals surface area contributed by atoms with Crippen LogP contribution in [0.15, 0.2) is 121 Å². The SMILES string of the molecule is CC(C)(C)C(=O)N[C@H]1O[C@H](COCc2ccccc2)[C@@H](OCc2ccccc2)[C@H](OCc2ccccc2)[C@H]1OCc1ccccc1. The van der Waals surface area contributed by atoms with Gasteiger partial charge in [-0.25, -0.2) is 0 Å². The van der Waals surface area contributed by atoms with Gasteiger partial charge >= 0.3 is 0 Å². The number of ether oxygens (including phenoxy) is 5. The van der Waals surface area contributed by atoms with Crippen molar-refractivity contribution in [2.45, 2.75) is 77.8 Å². The molecule has 0 radical (unpaired) electrons. The molecule has 0 saturated carbocycles. The lowest BCUT2D eigenvalue weighted by Crippen LogP contribution is -2.66. The van der Waals surface area contributed by atoms with E-state index in [0.29, 0.717) is 26.4 Å². The molecule has 1 aliphatic heterocycles. The van der Waals surface area contributed by atoms with Crippen LogP contribution in [0, 0.1) is 5.41 Å². The highest BCUT2D eigenvalue weighted by Crippen LogP contribution is 2.31. The number of hydrogen-bond donors (Lipinski definition) is 1. The average molecular weight is 624 g/mol. The molecule has 1 saturated heterocycles. The molecule has 0 aliphatic carbocycles. The molecule has 46 heavy (non-hydrogen) atoms. The van der Waals surface area contributed by atoms with E-state index in [1.54, 1.807) is 0 Å². The third kappa shape index (κ3) is 9.82. The highest BCUT2D eigenvalue weighted by atomic mass is 16.6. The van der Waals surface area contributed by atoms with Crippen molar-refractivity contribution >= 4 is 5.91 Å². The van der Waals surface area contributed by atoms with Crippen LogP contribution in [-0.2, 0) is 54.9 Å². The molecular weight excluding hydrogens is 578 g/mol. The van der Waals surface area contributed by atoms with Crippen molar-refractivity contribution in [3.8, 4) is 0 Å². The summed E-state index contributed by atoms with van der Waals surface area (Å²) in [5.41, 5.74) is 3.45. The van der Waals surface area contributed by atoms with E-state index in [1.165, 1.54) is 0 Å². The number of hydrogen-bond acceptors (Lipinski definition) is 6. The summed E-state index contributed by atoms with van der Waals surface area (Å²) in [6.07, 6.45) is -3.21. The number of rotatable bonds is 14. The molecule has 4 aromatic carbocycles. The maximum atomic E-state index is 13.4. The van der Waals surface area contributed by atoms with Crippen molar-refractivity contribution in [1.82, 2.24) is 5.32 Å². The number of carbonyl (C=O) groups excluding carboxylic acids is 1. The van der Waals surface area contributed by atoms with Gasteiger partial charge in [0.25, 0.3) is 0 Å². The van der Waals surface area contributed by atoms with Gasteiger partial charge in [0, 0.05) is 5.41 Å². The predicted octanol–water partition coefficient (Wildman–Crippen LogP) is 6.85. The molecule has 0 bridgehead atoms. The van der Waals surface area contributed by atoms with Crippen molar-refractivity contribution in [3.63, 3.8) is 0 Å². The van der Waals surface area contributed by atoms with Gasteiger partial charge in [0.2, 0.25) is 5.91 Å². The topological polar surface area (TPSA) is 75.3 Å². The van der Waals surface area contributed by atoms with Crippen molar-refractivity contribution in [2.24, 2.45) is 5.41 Å². The minimum Gasteiger partial charge on any atom is -0.374 e. The van der Waals surface area contributed by atoms with Crippen LogP contribution >= 0.6 is 0 Å². The van der Waals surface area contributed by atoms with Crippen molar-refractivity contribution in [3.05, 3.63) is 144 Å². The highest BCUT2D eigenvalue weighted by molar-refractivity contribution is 5.81. The third-order valence-corrected chi connectivity index (χ3v) is 7.84. The summed E-state index contributed by atoms with van der Waals surface area (Å²) >= 11 is 0. The average Bonchev–Trinajstić information content (AvgIpc) is 3.07. The number of amides is 1. The van der Waals surface area contributed by atoms with Crippen LogP contribution in [0.2, 0.25) is 0 Å². The zero-order valence-electron chi connectivity index (χ0n) is 26.9. The Morgan fingerprint density at radius 1 is 0.587 bits per heavy atom. The smallest absolute Gasteiger partial charge is 0.227 e. The maximum Gasteiger partial charge on any atom is 0.227 e. The van der Waals surface area contributed by atoms with E-state index in [2.05, 4.69) is 5.32 Å². The predicted molar refractivity (Wildman–Crippen MR) is 177 cm³/mol. The van der Waals surface area contributed by atoms with E-state index in [0.717, 1.165) is 22.3 Å². The number of carbonyl (C=O) groups is 1. The normalized spacial score (nSPS) is 21.5. The van der Waals surface area contributed by atoms with Crippen molar-refractivity contribution in [2.75, 3.05) is 6.61 Å². The molecular formula is C39H45NO6. The lowest BCUT2D eigenvalue weighted by molar-refractivity contribution is -0.277. The van der Waals surface area contributed by atoms with Crippen LogP contribution in [0.3, 0.4) is 0 Å². The van der Waals surface area contributed by atoms with Gasteiger partial charge in [-0.15, -0.1) is 0 Å². The van der Waals surface area contributed by atoms with Crippen LogP contribution in [-0.4, -0.2) is 43.2 Å². The Bertz CT molecular complexity index is 1450. The highest BCUT2D eigenvalue weighted by Gasteiger charge is 2.49. The van der Waals surface area contributed by atoms with E-state index < -0.39 is 36.1 Å². The summed E-state index contributed by atoms with van der Waals surface area (Å²) in [6, 6.07) is 40.0. The first-order chi connectivity index (χ1) is 22.4. The van der Waals surface area contributed by atoms with E-state index in [9.17, 15) is 4.79 Å². The van der Waals surface area contributed by atoms with E-state index in [1.807, 2.05) is 142 Å². The maximum absolute atomic E-state index is 13.4. The van der Waals surface area contributed by atoms with Crippen LogP contribution in [0.5, 0.6) is 0 Å². The Morgan fingerprint density at radius 2 is 0.978 bits per heavy atom. The fourth-order valence-corrected chi connectivity index (χ4v) is 5.25. The van der Waals surface area contributed by atoms with Gasteiger partial charge in [0.1, 0.15) is 24.4 Å². The molecule has 7 heteroatoms. The van der Waals surface area contributed by atoms with Crippen LogP contribution < -0.4 is 5.32 Å². The molecule has 0 aromatic heterocycles. The largest absolute Gasteiger partial charge is 0.374 e. The van der Waals surface area contributed by atoms with Gasteiger partial charge in [-0.2, -0.15) is 0 Å². The fourth-order valence-electron chi connectivity index (χ4n) is 5.25. The number of nitrogens with one attached hydrogen (secondary N) is 1. The van der Waals surface area contributed by atoms with Gasteiger partial charge in [-0.3, -0.25) is 4.79 Å². The third-order valence-electron chi connectivity index (χ3n) is 7.84. The molecule has 1 aliphatic rings. The molecule has 4 aromatic rings. The lowest BCUT2D eigenvalue weighted by atomic mass is 9.93. The van der Waals surface area contributed by atoms with Gasteiger partial charge in [-0.05, 0) is 22.3 Å². The summed E-state index contributed by atoms with van der Waals surface area (Å²) in [7, 11) is 0. The van der Waals surface area contributed by atoms with Gasteiger partial charge in [-0.1, -0.05) is 142 Å². The zero-order valence-corrected chi connectivity index (χ0v) is 26.9. The summed E-state index contributed by atoms with van der Waals surface area (Å²) in [6.45, 7) is 7.25. The molecule has 5 rings (SSSR count). The Labute approximate surface area is 272 Å². The minimum absolute atomic E-state index is 0.153. The minimum atomic E-state index is -0.807. The monoisotopic (exact) mass is 623 g/mol. The Balaban J connectivity index is 1.46. The summed E-state index contributed by atoms with van der Waals surface area (Å²) in [5.74, 6) is -0.153. The molecule has 1 amide bonds. The molecule has 1 N–H and O–H groups in total. The van der Waals surface area contributed by atoms with E-state index >= 15 is 0 Å². The Kier molecular flexibility index (Phi) is 12.1. The number of benzene rings is 4. The first kappa shape index (κ1) is 33.5. The lowest BCUT2D eigenvalue weighted by Gasteiger charge is -2.46. The first-order valence-electron chi connectivity index (χ1n) is 15.9. The first-order valence-corrected chi connectivity index (χ1v) is 15.9. The Morgan fingerprint density at radius 3 is 1.41 bits per heavy atom. The standard InChI is InChI=1S/C39H45NO6/c1-39(2,3)38(41)40-37-36(45-27-32-22-14-7-15-23-32)35(44-26-31-20-12-6-13-21-31)34(43-25-30-18-10-5-11-19-30)33(46-37)28-42-24-29-16-8-4-9-17-29/h4-23,33-37H,24-28H2,1-3H3,(H,40,41)/t33-,34-,35+,36-,37+/m1/s1. The van der Waals surface area contributed by atoms with Crippen LogP contribution in [0.25, 0.3) is 0 Å². The quantitative estimate of drug-likeness (QED) is 0.166. The molecule has 7 nitrogen and oxygen atoms in total. The molecule has 0 unspecified atom stereocenters. The zero-order chi connectivity index (χ0) is 32.2. The van der Waals surface area contributed by atoms with Gasteiger partial charge in [0.05, 0.1) is 33.0 Å².